The lowest BCUT2D eigenvalue weighted by Gasteiger charge is -2.32. The van der Waals surface area contributed by atoms with Crippen molar-refractivity contribution < 1.29 is 9.53 Å². The van der Waals surface area contributed by atoms with Crippen molar-refractivity contribution in [3.63, 3.8) is 0 Å². The standard InChI is InChI=1S/C17H25N3O2/c18-15-5-3-4-13(15)12-17(21)20-10-7-14(8-11-20)22-16-6-1-2-9-19-16/h1-2,6,9,13-15H,3-5,7-8,10-12,18H2/t13-,15+/m0/s1. The molecular formula is C17H25N3O2. The minimum Gasteiger partial charge on any atom is -0.474 e. The van der Waals surface area contributed by atoms with Crippen molar-refractivity contribution in [1.29, 1.82) is 0 Å². The molecule has 0 bridgehead atoms. The number of nitrogens with zero attached hydrogens (tertiary/aromatic N) is 2. The summed E-state index contributed by atoms with van der Waals surface area (Å²) < 4.78 is 5.86. The molecule has 2 atom stereocenters. The molecule has 1 saturated heterocycles. The number of amides is 1. The summed E-state index contributed by atoms with van der Waals surface area (Å²) in [7, 11) is 0. The monoisotopic (exact) mass is 303 g/mol. The molecule has 0 unspecified atom stereocenters. The Labute approximate surface area is 131 Å². The van der Waals surface area contributed by atoms with E-state index in [4.69, 9.17) is 10.5 Å². The first-order valence-corrected chi connectivity index (χ1v) is 8.33. The molecule has 3 rings (SSSR count). The van der Waals surface area contributed by atoms with Gasteiger partial charge in [-0.25, -0.2) is 4.98 Å². The van der Waals surface area contributed by atoms with Gasteiger partial charge in [-0.1, -0.05) is 12.5 Å². The lowest BCUT2D eigenvalue weighted by molar-refractivity contribution is -0.134. The highest BCUT2D eigenvalue weighted by Gasteiger charge is 2.30. The average Bonchev–Trinajstić information content (AvgIpc) is 2.94. The normalized spacial score (nSPS) is 26.1. The van der Waals surface area contributed by atoms with Crippen LogP contribution in [0.5, 0.6) is 5.88 Å². The first-order chi connectivity index (χ1) is 10.7. The van der Waals surface area contributed by atoms with Gasteiger partial charge in [0.1, 0.15) is 6.10 Å². The molecule has 2 aliphatic rings. The molecule has 1 saturated carbocycles. The number of piperidine rings is 1. The third-order valence-electron chi connectivity index (χ3n) is 4.87. The Morgan fingerprint density at radius 1 is 1.27 bits per heavy atom. The molecule has 5 nitrogen and oxygen atoms in total. The molecule has 5 heteroatoms. The molecule has 1 aliphatic heterocycles. The summed E-state index contributed by atoms with van der Waals surface area (Å²) in [5, 5.41) is 0. The van der Waals surface area contributed by atoms with Crippen LogP contribution < -0.4 is 10.5 Å². The largest absolute Gasteiger partial charge is 0.474 e. The van der Waals surface area contributed by atoms with E-state index in [1.165, 1.54) is 6.42 Å². The second-order valence-electron chi connectivity index (χ2n) is 6.42. The molecule has 22 heavy (non-hydrogen) atoms. The average molecular weight is 303 g/mol. The highest BCUT2D eigenvalue weighted by molar-refractivity contribution is 5.76. The van der Waals surface area contributed by atoms with Gasteiger partial charge in [0.15, 0.2) is 0 Å². The van der Waals surface area contributed by atoms with E-state index in [-0.39, 0.29) is 18.1 Å². The fourth-order valence-electron chi connectivity index (χ4n) is 3.48. The van der Waals surface area contributed by atoms with Crippen LogP contribution in [0.15, 0.2) is 24.4 Å². The molecule has 0 radical (unpaired) electrons. The highest BCUT2D eigenvalue weighted by atomic mass is 16.5. The van der Waals surface area contributed by atoms with Crippen LogP contribution in [0.4, 0.5) is 0 Å². The second-order valence-corrected chi connectivity index (χ2v) is 6.42. The van der Waals surface area contributed by atoms with Gasteiger partial charge >= 0.3 is 0 Å². The number of carbonyl (C=O) groups is 1. The van der Waals surface area contributed by atoms with E-state index in [1.54, 1.807) is 6.20 Å². The van der Waals surface area contributed by atoms with E-state index in [0.29, 0.717) is 18.2 Å². The number of rotatable bonds is 4. The van der Waals surface area contributed by atoms with Gasteiger partial charge in [-0.05, 0) is 24.8 Å². The summed E-state index contributed by atoms with van der Waals surface area (Å²) in [5.74, 6) is 1.32. The van der Waals surface area contributed by atoms with Gasteiger partial charge in [-0.15, -0.1) is 0 Å². The lowest BCUT2D eigenvalue weighted by atomic mass is 9.98. The molecule has 1 aromatic rings. The Bertz CT molecular complexity index is 486. The summed E-state index contributed by atoms with van der Waals surface area (Å²) in [5.41, 5.74) is 6.07. The Hall–Kier alpha value is -1.62. The number of hydrogen-bond acceptors (Lipinski definition) is 4. The summed E-state index contributed by atoms with van der Waals surface area (Å²) in [6.45, 7) is 1.55. The number of hydrogen-bond donors (Lipinski definition) is 1. The molecule has 1 aromatic heterocycles. The van der Waals surface area contributed by atoms with Crippen molar-refractivity contribution >= 4 is 5.91 Å². The lowest BCUT2D eigenvalue weighted by Crippen LogP contribution is -2.43. The van der Waals surface area contributed by atoms with Crippen LogP contribution in [-0.4, -0.2) is 41.0 Å². The van der Waals surface area contributed by atoms with Crippen LogP contribution in [0, 0.1) is 5.92 Å². The fraction of sp³-hybridized carbons (Fsp3) is 0.647. The molecule has 1 amide bonds. The van der Waals surface area contributed by atoms with Crippen molar-refractivity contribution in [2.75, 3.05) is 13.1 Å². The van der Waals surface area contributed by atoms with E-state index < -0.39 is 0 Å². The smallest absolute Gasteiger partial charge is 0.222 e. The van der Waals surface area contributed by atoms with E-state index >= 15 is 0 Å². The van der Waals surface area contributed by atoms with Gasteiger partial charge in [0.2, 0.25) is 11.8 Å². The predicted molar refractivity (Wildman–Crippen MR) is 84.4 cm³/mol. The number of nitrogens with two attached hydrogens (primary N) is 1. The first-order valence-electron chi connectivity index (χ1n) is 8.33. The molecule has 2 fully saturated rings. The zero-order valence-electron chi connectivity index (χ0n) is 13.0. The minimum atomic E-state index is 0.160. The summed E-state index contributed by atoms with van der Waals surface area (Å²) >= 11 is 0. The van der Waals surface area contributed by atoms with Gasteiger partial charge in [0, 0.05) is 50.7 Å². The maximum absolute atomic E-state index is 12.4. The second kappa shape index (κ2) is 7.09. The maximum atomic E-state index is 12.4. The van der Waals surface area contributed by atoms with Gasteiger partial charge in [-0.2, -0.15) is 0 Å². The van der Waals surface area contributed by atoms with Crippen LogP contribution in [-0.2, 0) is 4.79 Å². The predicted octanol–water partition coefficient (Wildman–Crippen LogP) is 1.97. The van der Waals surface area contributed by atoms with Crippen molar-refractivity contribution in [2.24, 2.45) is 11.7 Å². The Kier molecular flexibility index (Phi) is 4.93. The van der Waals surface area contributed by atoms with E-state index in [0.717, 1.165) is 38.8 Å². The SMILES string of the molecule is N[C@@H]1CCC[C@H]1CC(=O)N1CCC(Oc2ccccn2)CC1. The number of pyridine rings is 1. The number of ether oxygens (including phenoxy) is 1. The topological polar surface area (TPSA) is 68.5 Å². The molecule has 0 spiro atoms. The zero-order chi connectivity index (χ0) is 15.4. The van der Waals surface area contributed by atoms with Crippen LogP contribution in [0.2, 0.25) is 0 Å². The summed E-state index contributed by atoms with van der Waals surface area (Å²) in [6, 6.07) is 5.89. The fourth-order valence-corrected chi connectivity index (χ4v) is 3.48. The van der Waals surface area contributed by atoms with Gasteiger partial charge in [-0.3, -0.25) is 4.79 Å². The third-order valence-corrected chi connectivity index (χ3v) is 4.87. The Morgan fingerprint density at radius 2 is 2.09 bits per heavy atom. The Morgan fingerprint density at radius 3 is 2.73 bits per heavy atom. The highest BCUT2D eigenvalue weighted by Crippen LogP contribution is 2.28. The first kappa shape index (κ1) is 15.3. The maximum Gasteiger partial charge on any atom is 0.222 e. The minimum absolute atomic E-state index is 0.160. The Balaban J connectivity index is 1.44. The third kappa shape index (κ3) is 3.77. The van der Waals surface area contributed by atoms with E-state index in [9.17, 15) is 4.79 Å². The number of likely N-dealkylation sites (tertiary alicyclic amines) is 1. The van der Waals surface area contributed by atoms with Crippen LogP contribution in [0.1, 0.15) is 38.5 Å². The quantitative estimate of drug-likeness (QED) is 0.923. The molecule has 2 N–H and O–H groups in total. The summed E-state index contributed by atoms with van der Waals surface area (Å²) in [4.78, 5) is 18.5. The van der Waals surface area contributed by atoms with Crippen molar-refractivity contribution in [3.8, 4) is 5.88 Å². The zero-order valence-corrected chi connectivity index (χ0v) is 13.0. The van der Waals surface area contributed by atoms with Crippen LogP contribution >= 0.6 is 0 Å². The van der Waals surface area contributed by atoms with Crippen molar-refractivity contribution in [3.05, 3.63) is 24.4 Å². The van der Waals surface area contributed by atoms with E-state index in [1.807, 2.05) is 23.1 Å². The number of aromatic nitrogens is 1. The van der Waals surface area contributed by atoms with Gasteiger partial charge in [0.25, 0.3) is 0 Å². The van der Waals surface area contributed by atoms with E-state index in [2.05, 4.69) is 4.98 Å². The molecule has 2 heterocycles. The molecule has 120 valence electrons. The van der Waals surface area contributed by atoms with Crippen molar-refractivity contribution in [1.82, 2.24) is 9.88 Å². The van der Waals surface area contributed by atoms with Gasteiger partial charge in [0.05, 0.1) is 0 Å². The molecule has 1 aliphatic carbocycles. The van der Waals surface area contributed by atoms with Crippen LogP contribution in [0.25, 0.3) is 0 Å². The van der Waals surface area contributed by atoms with Crippen molar-refractivity contribution in [2.45, 2.75) is 50.7 Å². The number of carbonyl (C=O) groups excluding carboxylic acids is 1. The van der Waals surface area contributed by atoms with Gasteiger partial charge < -0.3 is 15.4 Å². The molecular weight excluding hydrogens is 278 g/mol. The molecule has 0 aromatic carbocycles. The summed E-state index contributed by atoms with van der Waals surface area (Å²) in [6.07, 6.45) is 7.60. The van der Waals surface area contributed by atoms with Crippen LogP contribution in [0.3, 0.4) is 0 Å².